The molecule has 0 amide bonds. The highest BCUT2D eigenvalue weighted by atomic mass is 32.1. The van der Waals surface area contributed by atoms with Crippen LogP contribution in [0.4, 0.5) is 4.39 Å². The number of nitrogens with one attached hydrogen (secondary N) is 1. The van der Waals surface area contributed by atoms with Gasteiger partial charge in [0.15, 0.2) is 0 Å². The van der Waals surface area contributed by atoms with E-state index in [0.717, 1.165) is 10.1 Å². The number of aromatic nitrogens is 2. The van der Waals surface area contributed by atoms with Gasteiger partial charge in [-0.15, -0.1) is 11.3 Å². The fourth-order valence-corrected chi connectivity index (χ4v) is 3.30. The summed E-state index contributed by atoms with van der Waals surface area (Å²) < 4.78 is 18.6. The van der Waals surface area contributed by atoms with Crippen LogP contribution >= 0.6 is 11.3 Å². The molecule has 22 heavy (non-hydrogen) atoms. The van der Waals surface area contributed by atoms with Crippen LogP contribution in [-0.4, -0.2) is 23.3 Å². The minimum absolute atomic E-state index is 0.252. The first kappa shape index (κ1) is 14.5. The summed E-state index contributed by atoms with van der Waals surface area (Å²) in [6, 6.07) is 7.30. The Morgan fingerprint density at radius 2 is 2.18 bits per heavy atom. The second-order valence-corrected chi connectivity index (χ2v) is 5.54. The normalized spacial score (nSPS) is 11.0. The second-order valence-electron chi connectivity index (χ2n) is 4.66. The Hall–Kier alpha value is -2.41. The van der Waals surface area contributed by atoms with Gasteiger partial charge in [-0.3, -0.25) is 14.3 Å². The molecule has 1 aromatic carbocycles. The number of alkyl halides is 1. The Morgan fingerprint density at radius 3 is 2.91 bits per heavy atom. The molecular weight excluding hydrogens is 307 g/mol. The van der Waals surface area contributed by atoms with Gasteiger partial charge in [0.2, 0.25) is 0 Å². The lowest BCUT2D eigenvalue weighted by molar-refractivity contribution is 0.415. The van der Waals surface area contributed by atoms with Gasteiger partial charge in [0.05, 0.1) is 19.0 Å². The summed E-state index contributed by atoms with van der Waals surface area (Å²) in [6.07, 6.45) is 0. The first-order chi connectivity index (χ1) is 10.7. The molecule has 3 aromatic rings. The van der Waals surface area contributed by atoms with Crippen molar-refractivity contribution in [3.63, 3.8) is 0 Å². The van der Waals surface area contributed by atoms with Gasteiger partial charge in [-0.25, -0.2) is 9.18 Å². The maximum atomic E-state index is 12.6. The zero-order chi connectivity index (χ0) is 15.7. The van der Waals surface area contributed by atoms with E-state index < -0.39 is 17.9 Å². The summed E-state index contributed by atoms with van der Waals surface area (Å²) in [5.41, 5.74) is 0.443. The number of thiophene rings is 1. The number of H-pyrrole nitrogens is 1. The van der Waals surface area contributed by atoms with E-state index in [-0.39, 0.29) is 6.54 Å². The fraction of sp³-hybridized carbons (Fsp3) is 0.200. The quantitative estimate of drug-likeness (QED) is 0.803. The molecule has 0 unspecified atom stereocenters. The Kier molecular flexibility index (Phi) is 3.81. The highest BCUT2D eigenvalue weighted by Crippen LogP contribution is 2.31. The molecule has 0 saturated carbocycles. The maximum absolute atomic E-state index is 12.6. The van der Waals surface area contributed by atoms with Gasteiger partial charge in [-0.1, -0.05) is 12.1 Å². The summed E-state index contributed by atoms with van der Waals surface area (Å²) in [5.74, 6) is 0.672. The maximum Gasteiger partial charge on any atom is 0.329 e. The third-order valence-corrected chi connectivity index (χ3v) is 4.30. The smallest absolute Gasteiger partial charge is 0.329 e. The average molecular weight is 320 g/mol. The summed E-state index contributed by atoms with van der Waals surface area (Å²) in [5, 5.41) is 2.20. The van der Waals surface area contributed by atoms with Gasteiger partial charge in [-0.2, -0.15) is 0 Å². The molecule has 7 heteroatoms. The molecule has 0 fully saturated rings. The third-order valence-electron chi connectivity index (χ3n) is 3.40. The van der Waals surface area contributed by atoms with Gasteiger partial charge in [-0.05, 0) is 17.7 Å². The highest BCUT2D eigenvalue weighted by Gasteiger charge is 2.15. The number of hydrogen-bond acceptors (Lipinski definition) is 4. The first-order valence-electron chi connectivity index (χ1n) is 6.60. The molecule has 2 heterocycles. The van der Waals surface area contributed by atoms with Crippen LogP contribution in [0, 0.1) is 0 Å². The van der Waals surface area contributed by atoms with Crippen LogP contribution in [0.3, 0.4) is 0 Å². The van der Waals surface area contributed by atoms with Crippen LogP contribution in [0.25, 0.3) is 21.3 Å². The predicted molar refractivity (Wildman–Crippen MR) is 84.7 cm³/mol. The number of ether oxygens (including phenoxy) is 1. The van der Waals surface area contributed by atoms with Gasteiger partial charge in [0.25, 0.3) is 5.56 Å². The van der Waals surface area contributed by atoms with Crippen molar-refractivity contribution in [1.29, 1.82) is 0 Å². The lowest BCUT2D eigenvalue weighted by atomic mass is 10.1. The lowest BCUT2D eigenvalue weighted by Gasteiger charge is -2.05. The van der Waals surface area contributed by atoms with Crippen molar-refractivity contribution in [1.82, 2.24) is 9.55 Å². The summed E-state index contributed by atoms with van der Waals surface area (Å²) in [7, 11) is 1.57. The van der Waals surface area contributed by atoms with Crippen molar-refractivity contribution in [2.45, 2.75) is 6.54 Å². The summed E-state index contributed by atoms with van der Waals surface area (Å²) in [6.45, 7) is -1.02. The van der Waals surface area contributed by atoms with Crippen molar-refractivity contribution >= 4 is 21.6 Å². The number of aromatic amines is 1. The van der Waals surface area contributed by atoms with Crippen LogP contribution in [-0.2, 0) is 6.54 Å². The third kappa shape index (κ3) is 2.33. The second kappa shape index (κ2) is 5.76. The lowest BCUT2D eigenvalue weighted by Crippen LogP contribution is -2.35. The molecule has 0 aliphatic rings. The minimum Gasteiger partial charge on any atom is -0.497 e. The van der Waals surface area contributed by atoms with Crippen molar-refractivity contribution in [3.05, 3.63) is 50.5 Å². The van der Waals surface area contributed by atoms with Crippen LogP contribution < -0.4 is 16.0 Å². The predicted octanol–water partition coefficient (Wildman–Crippen LogP) is 2.40. The molecule has 114 valence electrons. The zero-order valence-electron chi connectivity index (χ0n) is 11.8. The number of nitrogens with zero attached hydrogens (tertiary/aromatic N) is 1. The van der Waals surface area contributed by atoms with Crippen LogP contribution in [0.2, 0.25) is 0 Å². The van der Waals surface area contributed by atoms with E-state index in [2.05, 4.69) is 4.98 Å². The SMILES string of the molecule is COc1cccc(-c2csc3[nH]c(=O)n(CCF)c(=O)c23)c1. The number of methoxy groups -OCH3 is 1. The van der Waals surface area contributed by atoms with Gasteiger partial charge < -0.3 is 4.74 Å². The van der Waals surface area contributed by atoms with Gasteiger partial charge >= 0.3 is 5.69 Å². The number of benzene rings is 1. The molecule has 0 aliphatic carbocycles. The number of fused-ring (bicyclic) bond motifs is 1. The average Bonchev–Trinajstić information content (AvgIpc) is 2.95. The van der Waals surface area contributed by atoms with E-state index in [0.29, 0.717) is 21.5 Å². The van der Waals surface area contributed by atoms with Crippen molar-refractivity contribution in [2.75, 3.05) is 13.8 Å². The monoisotopic (exact) mass is 320 g/mol. The van der Waals surface area contributed by atoms with Gasteiger partial charge in [0, 0.05) is 10.9 Å². The molecule has 5 nitrogen and oxygen atoms in total. The molecule has 0 bridgehead atoms. The number of halogens is 1. The summed E-state index contributed by atoms with van der Waals surface area (Å²) >= 11 is 1.27. The number of rotatable bonds is 4. The Labute approximate surface area is 128 Å². The van der Waals surface area contributed by atoms with Crippen molar-refractivity contribution in [2.24, 2.45) is 0 Å². The largest absolute Gasteiger partial charge is 0.497 e. The fourth-order valence-electron chi connectivity index (χ4n) is 2.34. The molecule has 0 spiro atoms. The molecule has 1 N–H and O–H groups in total. The Morgan fingerprint density at radius 1 is 1.36 bits per heavy atom. The van der Waals surface area contributed by atoms with E-state index >= 15 is 0 Å². The molecular formula is C15H13FN2O3S. The van der Waals surface area contributed by atoms with E-state index in [9.17, 15) is 14.0 Å². The molecule has 2 aromatic heterocycles. The van der Waals surface area contributed by atoms with Crippen molar-refractivity contribution in [3.8, 4) is 16.9 Å². The van der Waals surface area contributed by atoms with E-state index in [1.165, 1.54) is 11.3 Å². The highest BCUT2D eigenvalue weighted by molar-refractivity contribution is 7.17. The summed E-state index contributed by atoms with van der Waals surface area (Å²) in [4.78, 5) is 27.4. The number of hydrogen-bond donors (Lipinski definition) is 1. The molecule has 3 rings (SSSR count). The topological polar surface area (TPSA) is 64.1 Å². The molecule has 0 atom stereocenters. The van der Waals surface area contributed by atoms with Crippen LogP contribution in [0.5, 0.6) is 5.75 Å². The molecule has 0 radical (unpaired) electrons. The standard InChI is InChI=1S/C15H13FN2O3S/c1-21-10-4-2-3-9(7-10)11-8-22-13-12(11)14(19)18(6-5-16)15(20)17-13/h2-4,7-8H,5-6H2,1H3,(H,17,20). The Bertz CT molecular complexity index is 942. The van der Waals surface area contributed by atoms with Crippen LogP contribution in [0.1, 0.15) is 0 Å². The first-order valence-corrected chi connectivity index (χ1v) is 7.48. The van der Waals surface area contributed by atoms with Gasteiger partial charge in [0.1, 0.15) is 17.3 Å². The molecule has 0 aliphatic heterocycles. The van der Waals surface area contributed by atoms with E-state index in [1.807, 2.05) is 18.2 Å². The zero-order valence-corrected chi connectivity index (χ0v) is 12.6. The minimum atomic E-state index is -0.771. The molecule has 0 saturated heterocycles. The van der Waals surface area contributed by atoms with Crippen molar-refractivity contribution < 1.29 is 9.13 Å². The Balaban J connectivity index is 2.29. The van der Waals surface area contributed by atoms with Crippen LogP contribution in [0.15, 0.2) is 39.2 Å². The van der Waals surface area contributed by atoms with E-state index in [1.54, 1.807) is 18.6 Å². The van der Waals surface area contributed by atoms with E-state index in [4.69, 9.17) is 4.74 Å².